The molecule has 1 heterocycles. The Morgan fingerprint density at radius 3 is 3.05 bits per heavy atom. The van der Waals surface area contributed by atoms with Gasteiger partial charge in [-0.2, -0.15) is 11.3 Å². The largest absolute Gasteiger partial charge is 0.387 e. The average Bonchev–Trinajstić information content (AvgIpc) is 2.98. The van der Waals surface area contributed by atoms with Crippen molar-refractivity contribution in [1.82, 2.24) is 5.32 Å². The van der Waals surface area contributed by atoms with Crippen LogP contribution in [0.1, 0.15) is 51.2 Å². The molecule has 0 bridgehead atoms. The fourth-order valence-electron chi connectivity index (χ4n) is 2.78. The average molecular weight is 311 g/mol. The van der Waals surface area contributed by atoms with Crippen molar-refractivity contribution in [1.29, 1.82) is 0 Å². The van der Waals surface area contributed by atoms with E-state index in [-0.39, 0.29) is 18.6 Å². The lowest BCUT2D eigenvalue weighted by Crippen LogP contribution is -2.39. The van der Waals surface area contributed by atoms with Crippen molar-refractivity contribution in [2.45, 2.75) is 57.8 Å². The van der Waals surface area contributed by atoms with E-state index in [0.717, 1.165) is 18.4 Å². The van der Waals surface area contributed by atoms with Gasteiger partial charge in [-0.25, -0.2) is 0 Å². The van der Waals surface area contributed by atoms with Gasteiger partial charge in [0.1, 0.15) is 6.10 Å². The third kappa shape index (κ3) is 5.09. The van der Waals surface area contributed by atoms with Crippen molar-refractivity contribution in [3.05, 3.63) is 22.4 Å². The molecule has 2 rings (SSSR count). The van der Waals surface area contributed by atoms with Crippen molar-refractivity contribution < 1.29 is 14.6 Å². The van der Waals surface area contributed by atoms with Crippen molar-refractivity contribution in [3.63, 3.8) is 0 Å². The van der Waals surface area contributed by atoms with E-state index < -0.39 is 12.2 Å². The molecule has 0 radical (unpaired) electrons. The standard InChI is InChI=1S/C16H25NO3S/c1-11-4-3-5-14(8-11)20-12(2)16(19)17-9-15(18)13-6-7-21-10-13/h6-7,10-12,14-15,18H,3-5,8-9H2,1-2H3,(H,17,19). The van der Waals surface area contributed by atoms with Crippen molar-refractivity contribution in [3.8, 4) is 0 Å². The zero-order valence-electron chi connectivity index (χ0n) is 12.7. The number of ether oxygens (including phenoxy) is 1. The van der Waals surface area contributed by atoms with Crippen LogP contribution >= 0.6 is 11.3 Å². The van der Waals surface area contributed by atoms with Crippen molar-refractivity contribution in [2.75, 3.05) is 6.54 Å². The number of thiophene rings is 1. The number of rotatable bonds is 6. The van der Waals surface area contributed by atoms with Crippen molar-refractivity contribution >= 4 is 17.2 Å². The Labute approximate surface area is 130 Å². The Morgan fingerprint density at radius 1 is 1.57 bits per heavy atom. The summed E-state index contributed by atoms with van der Waals surface area (Å²) in [4.78, 5) is 12.0. The van der Waals surface area contributed by atoms with Gasteiger partial charge in [-0.15, -0.1) is 0 Å². The molecular weight excluding hydrogens is 286 g/mol. The van der Waals surface area contributed by atoms with Crippen LogP contribution in [-0.4, -0.2) is 29.8 Å². The summed E-state index contributed by atoms with van der Waals surface area (Å²) in [5.74, 6) is 0.530. The zero-order chi connectivity index (χ0) is 15.2. The molecule has 21 heavy (non-hydrogen) atoms. The zero-order valence-corrected chi connectivity index (χ0v) is 13.6. The minimum absolute atomic E-state index is 0.150. The fourth-order valence-corrected chi connectivity index (χ4v) is 3.48. The Hall–Kier alpha value is -0.910. The topological polar surface area (TPSA) is 58.6 Å². The van der Waals surface area contributed by atoms with Crippen molar-refractivity contribution in [2.24, 2.45) is 5.92 Å². The molecule has 1 fully saturated rings. The molecule has 0 aliphatic heterocycles. The molecule has 0 spiro atoms. The third-order valence-corrected chi connectivity index (χ3v) is 4.75. The Kier molecular flexibility index (Phi) is 6.21. The molecule has 1 aliphatic rings. The lowest BCUT2D eigenvalue weighted by Gasteiger charge is -2.29. The Balaban J connectivity index is 1.72. The number of amides is 1. The van der Waals surface area contributed by atoms with Gasteiger partial charge in [0.2, 0.25) is 5.91 Å². The summed E-state index contributed by atoms with van der Waals surface area (Å²) in [7, 11) is 0. The van der Waals surface area contributed by atoms with Gasteiger partial charge in [0.05, 0.1) is 12.2 Å². The Bertz CT molecular complexity index is 435. The number of carbonyl (C=O) groups is 1. The number of aliphatic hydroxyl groups is 1. The number of nitrogens with one attached hydrogen (secondary N) is 1. The summed E-state index contributed by atoms with van der Waals surface area (Å²) < 4.78 is 5.85. The molecule has 1 saturated carbocycles. The number of aliphatic hydroxyl groups excluding tert-OH is 1. The second kappa shape index (κ2) is 7.92. The van der Waals surface area contributed by atoms with E-state index in [1.165, 1.54) is 24.2 Å². The van der Waals surface area contributed by atoms with Gasteiger partial charge >= 0.3 is 0 Å². The van der Waals surface area contributed by atoms with Gasteiger partial charge < -0.3 is 15.2 Å². The van der Waals surface area contributed by atoms with E-state index in [9.17, 15) is 9.90 Å². The van der Waals surface area contributed by atoms with Crippen LogP contribution in [0.3, 0.4) is 0 Å². The molecule has 1 aliphatic carbocycles. The lowest BCUT2D eigenvalue weighted by molar-refractivity contribution is -0.137. The van der Waals surface area contributed by atoms with E-state index >= 15 is 0 Å². The van der Waals surface area contributed by atoms with Gasteiger partial charge in [0.15, 0.2) is 0 Å². The molecule has 2 N–H and O–H groups in total. The first-order chi connectivity index (χ1) is 10.1. The maximum absolute atomic E-state index is 12.0. The maximum Gasteiger partial charge on any atom is 0.248 e. The van der Waals surface area contributed by atoms with Crippen LogP contribution in [0.2, 0.25) is 0 Å². The van der Waals surface area contributed by atoms with E-state index in [1.807, 2.05) is 16.8 Å². The summed E-state index contributed by atoms with van der Waals surface area (Å²) in [5.41, 5.74) is 0.843. The van der Waals surface area contributed by atoms with Crippen LogP contribution in [0.4, 0.5) is 0 Å². The first-order valence-corrected chi connectivity index (χ1v) is 8.64. The smallest absolute Gasteiger partial charge is 0.248 e. The molecule has 5 heteroatoms. The fraction of sp³-hybridized carbons (Fsp3) is 0.688. The van der Waals surface area contributed by atoms with Gasteiger partial charge in [-0.1, -0.05) is 19.8 Å². The van der Waals surface area contributed by atoms with Crippen LogP contribution in [0, 0.1) is 5.92 Å². The molecular formula is C16H25NO3S. The minimum Gasteiger partial charge on any atom is -0.387 e. The lowest BCUT2D eigenvalue weighted by atomic mass is 9.88. The Morgan fingerprint density at radius 2 is 2.38 bits per heavy atom. The minimum atomic E-state index is -0.651. The van der Waals surface area contributed by atoms with Gasteiger partial charge in [-0.05, 0) is 48.1 Å². The highest BCUT2D eigenvalue weighted by Crippen LogP contribution is 2.26. The monoisotopic (exact) mass is 311 g/mol. The third-order valence-electron chi connectivity index (χ3n) is 4.05. The van der Waals surface area contributed by atoms with Crippen LogP contribution in [-0.2, 0) is 9.53 Å². The van der Waals surface area contributed by atoms with E-state index in [4.69, 9.17) is 4.74 Å². The van der Waals surface area contributed by atoms with E-state index in [2.05, 4.69) is 12.2 Å². The number of carbonyl (C=O) groups excluding carboxylic acids is 1. The molecule has 4 atom stereocenters. The summed E-state index contributed by atoms with van der Waals surface area (Å²) in [6, 6.07) is 1.87. The maximum atomic E-state index is 12.0. The van der Waals surface area contributed by atoms with Gasteiger partial charge in [0.25, 0.3) is 0 Å². The first kappa shape index (κ1) is 16.5. The van der Waals surface area contributed by atoms with Gasteiger partial charge in [-0.3, -0.25) is 4.79 Å². The molecule has 1 aromatic heterocycles. The van der Waals surface area contributed by atoms with E-state index in [0.29, 0.717) is 5.92 Å². The molecule has 4 nitrogen and oxygen atoms in total. The highest BCUT2D eigenvalue weighted by Gasteiger charge is 2.24. The summed E-state index contributed by atoms with van der Waals surface area (Å²) in [6.45, 7) is 4.24. The van der Waals surface area contributed by atoms with Crippen LogP contribution in [0.25, 0.3) is 0 Å². The second-order valence-electron chi connectivity index (χ2n) is 5.99. The first-order valence-electron chi connectivity index (χ1n) is 7.69. The SMILES string of the molecule is CC1CCCC(OC(C)C(=O)NCC(O)c2ccsc2)C1. The quantitative estimate of drug-likeness (QED) is 0.849. The number of hydrogen-bond acceptors (Lipinski definition) is 4. The van der Waals surface area contributed by atoms with Crippen LogP contribution in [0.15, 0.2) is 16.8 Å². The summed E-state index contributed by atoms with van der Waals surface area (Å²) >= 11 is 1.53. The summed E-state index contributed by atoms with van der Waals surface area (Å²) in [5, 5.41) is 16.5. The molecule has 0 aromatic carbocycles. The molecule has 1 amide bonds. The predicted molar refractivity (Wildman–Crippen MR) is 84.3 cm³/mol. The van der Waals surface area contributed by atoms with Gasteiger partial charge in [0, 0.05) is 6.54 Å². The molecule has 118 valence electrons. The molecule has 0 saturated heterocycles. The second-order valence-corrected chi connectivity index (χ2v) is 6.77. The van der Waals surface area contributed by atoms with Crippen LogP contribution in [0.5, 0.6) is 0 Å². The highest BCUT2D eigenvalue weighted by molar-refractivity contribution is 7.07. The summed E-state index contributed by atoms with van der Waals surface area (Å²) in [6.07, 6.45) is 3.59. The normalized spacial score (nSPS) is 25.3. The van der Waals surface area contributed by atoms with E-state index in [1.54, 1.807) is 6.92 Å². The predicted octanol–water partition coefficient (Wildman–Crippen LogP) is 2.88. The molecule has 1 aromatic rings. The highest BCUT2D eigenvalue weighted by atomic mass is 32.1. The van der Waals surface area contributed by atoms with Crippen LogP contribution < -0.4 is 5.32 Å². The molecule has 4 unspecified atom stereocenters. The number of hydrogen-bond donors (Lipinski definition) is 2.